The van der Waals surface area contributed by atoms with E-state index in [2.05, 4.69) is 51.1 Å². The summed E-state index contributed by atoms with van der Waals surface area (Å²) in [6.45, 7) is 2.07. The predicted octanol–water partition coefficient (Wildman–Crippen LogP) is 5.54. The molecule has 0 atom stereocenters. The summed E-state index contributed by atoms with van der Waals surface area (Å²) in [5.74, 6) is 1.49. The molecule has 31 heavy (non-hydrogen) atoms. The Morgan fingerprint density at radius 2 is 1.55 bits per heavy atom. The van der Waals surface area contributed by atoms with Gasteiger partial charge in [0.05, 0.1) is 22.1 Å². The van der Waals surface area contributed by atoms with Crippen molar-refractivity contribution in [3.63, 3.8) is 0 Å². The summed E-state index contributed by atoms with van der Waals surface area (Å²) in [5, 5.41) is 0. The number of imidazole rings is 2. The molecule has 2 N–H and O–H groups in total. The van der Waals surface area contributed by atoms with Crippen molar-refractivity contribution in [1.29, 1.82) is 0 Å². The molecule has 0 amide bonds. The summed E-state index contributed by atoms with van der Waals surface area (Å²) in [6, 6.07) is 22.1. The maximum absolute atomic E-state index is 4.87. The van der Waals surface area contributed by atoms with Gasteiger partial charge in [0.25, 0.3) is 0 Å². The highest BCUT2D eigenvalue weighted by Gasteiger charge is 2.17. The van der Waals surface area contributed by atoms with Crippen molar-refractivity contribution in [1.82, 2.24) is 29.9 Å². The molecule has 0 unspecified atom stereocenters. The monoisotopic (exact) mass is 402 g/mol. The molecular formula is C25H18N6. The lowest BCUT2D eigenvalue weighted by Crippen LogP contribution is -1.91. The molecular weight excluding hydrogens is 384 g/mol. The highest BCUT2D eigenvalue weighted by Crippen LogP contribution is 2.34. The van der Waals surface area contributed by atoms with Gasteiger partial charge < -0.3 is 9.97 Å². The Labute approximate surface area is 178 Å². The van der Waals surface area contributed by atoms with Gasteiger partial charge in [-0.3, -0.25) is 9.97 Å². The molecule has 0 bridgehead atoms. The standard InChI is InChI=1S/C25H18N6/c1-15-10-11-18-21(14-15)30-25(28-18)23-17(7-5-13-27-23)16-6-4-9-19-22(16)31-24(29-19)20-8-2-3-12-26-20/h2-14H,1H3,(H,28,30)(H,29,31). The molecule has 0 aliphatic rings. The zero-order valence-corrected chi connectivity index (χ0v) is 16.8. The summed E-state index contributed by atoms with van der Waals surface area (Å²) in [6.07, 6.45) is 3.56. The van der Waals surface area contributed by atoms with Crippen molar-refractivity contribution >= 4 is 22.1 Å². The van der Waals surface area contributed by atoms with Crippen LogP contribution in [0.2, 0.25) is 0 Å². The first kappa shape index (κ1) is 17.5. The lowest BCUT2D eigenvalue weighted by atomic mass is 10.0. The maximum atomic E-state index is 4.87. The van der Waals surface area contributed by atoms with Gasteiger partial charge in [-0.1, -0.05) is 30.3 Å². The minimum absolute atomic E-state index is 0.743. The molecule has 0 radical (unpaired) electrons. The molecule has 0 saturated carbocycles. The van der Waals surface area contributed by atoms with Crippen LogP contribution in [-0.2, 0) is 0 Å². The molecule has 4 aromatic heterocycles. The first-order valence-corrected chi connectivity index (χ1v) is 10.1. The zero-order chi connectivity index (χ0) is 20.8. The number of aromatic amines is 2. The molecule has 6 heteroatoms. The molecule has 0 fully saturated rings. The number of aromatic nitrogens is 6. The normalized spacial score (nSPS) is 11.4. The number of nitrogens with one attached hydrogen (secondary N) is 2. The van der Waals surface area contributed by atoms with Crippen molar-refractivity contribution in [2.24, 2.45) is 0 Å². The van der Waals surface area contributed by atoms with Gasteiger partial charge >= 0.3 is 0 Å². The number of rotatable bonds is 3. The fourth-order valence-electron chi connectivity index (χ4n) is 3.92. The largest absolute Gasteiger partial charge is 0.337 e. The Morgan fingerprint density at radius 3 is 2.45 bits per heavy atom. The minimum atomic E-state index is 0.743. The van der Waals surface area contributed by atoms with E-state index in [0.29, 0.717) is 0 Å². The Kier molecular flexibility index (Phi) is 3.89. The van der Waals surface area contributed by atoms with Gasteiger partial charge in [0.2, 0.25) is 0 Å². The Bertz CT molecular complexity index is 1550. The molecule has 0 aliphatic heterocycles. The second kappa shape index (κ2) is 6.88. The third-order valence-electron chi connectivity index (χ3n) is 5.38. The number of aryl methyl sites for hydroxylation is 1. The second-order valence-corrected chi connectivity index (χ2v) is 7.51. The van der Waals surface area contributed by atoms with E-state index in [-0.39, 0.29) is 0 Å². The van der Waals surface area contributed by atoms with Crippen LogP contribution in [0.3, 0.4) is 0 Å². The number of hydrogen-bond donors (Lipinski definition) is 2. The molecule has 0 spiro atoms. The Hall–Kier alpha value is -4.32. The molecule has 0 saturated heterocycles. The van der Waals surface area contributed by atoms with Crippen LogP contribution in [-0.4, -0.2) is 29.9 Å². The lowest BCUT2D eigenvalue weighted by Gasteiger charge is -2.07. The third kappa shape index (κ3) is 2.97. The Balaban J connectivity index is 1.54. The fourth-order valence-corrected chi connectivity index (χ4v) is 3.92. The van der Waals surface area contributed by atoms with E-state index in [0.717, 1.165) is 56.2 Å². The van der Waals surface area contributed by atoms with Gasteiger partial charge in [-0.15, -0.1) is 0 Å². The van der Waals surface area contributed by atoms with Crippen molar-refractivity contribution in [2.45, 2.75) is 6.92 Å². The summed E-state index contributed by atoms with van der Waals surface area (Å²) in [4.78, 5) is 25.6. The molecule has 148 valence electrons. The number of para-hydroxylation sites is 1. The van der Waals surface area contributed by atoms with E-state index in [1.807, 2.05) is 42.5 Å². The van der Waals surface area contributed by atoms with Gasteiger partial charge in [0.15, 0.2) is 11.6 Å². The van der Waals surface area contributed by atoms with Crippen LogP contribution >= 0.6 is 0 Å². The number of pyridine rings is 2. The van der Waals surface area contributed by atoms with Crippen LogP contribution in [0.5, 0.6) is 0 Å². The van der Waals surface area contributed by atoms with Gasteiger partial charge in [0, 0.05) is 23.5 Å². The van der Waals surface area contributed by atoms with Crippen LogP contribution in [0.4, 0.5) is 0 Å². The van der Waals surface area contributed by atoms with Crippen molar-refractivity contribution < 1.29 is 0 Å². The van der Waals surface area contributed by atoms with Crippen molar-refractivity contribution in [2.75, 3.05) is 0 Å². The number of benzene rings is 2. The van der Waals surface area contributed by atoms with Gasteiger partial charge in [-0.05, 0) is 48.9 Å². The molecule has 4 heterocycles. The SMILES string of the molecule is Cc1ccc2nc(-c3ncccc3-c3cccc4[nH]c(-c5ccccn5)nc34)[nH]c2c1. The smallest absolute Gasteiger partial charge is 0.157 e. The van der Waals surface area contributed by atoms with Gasteiger partial charge in [0.1, 0.15) is 11.4 Å². The molecule has 2 aromatic carbocycles. The average molecular weight is 402 g/mol. The Morgan fingerprint density at radius 1 is 0.677 bits per heavy atom. The number of hydrogen-bond acceptors (Lipinski definition) is 4. The summed E-state index contributed by atoms with van der Waals surface area (Å²) >= 11 is 0. The lowest BCUT2D eigenvalue weighted by molar-refractivity contribution is 1.23. The van der Waals surface area contributed by atoms with Gasteiger partial charge in [-0.2, -0.15) is 0 Å². The summed E-state index contributed by atoms with van der Waals surface area (Å²) in [7, 11) is 0. The highest BCUT2D eigenvalue weighted by atomic mass is 15.0. The van der Waals surface area contributed by atoms with Crippen LogP contribution in [0.15, 0.2) is 79.1 Å². The van der Waals surface area contributed by atoms with E-state index >= 15 is 0 Å². The highest BCUT2D eigenvalue weighted by molar-refractivity contribution is 5.97. The molecule has 6 rings (SSSR count). The van der Waals surface area contributed by atoms with Crippen LogP contribution in [0.25, 0.3) is 56.2 Å². The average Bonchev–Trinajstić information content (AvgIpc) is 3.43. The predicted molar refractivity (Wildman–Crippen MR) is 122 cm³/mol. The zero-order valence-electron chi connectivity index (χ0n) is 16.8. The first-order chi connectivity index (χ1) is 15.3. The van der Waals surface area contributed by atoms with E-state index < -0.39 is 0 Å². The minimum Gasteiger partial charge on any atom is -0.337 e. The molecule has 0 aliphatic carbocycles. The van der Waals surface area contributed by atoms with Crippen molar-refractivity contribution in [3.05, 3.63) is 84.7 Å². The van der Waals surface area contributed by atoms with E-state index in [1.165, 1.54) is 5.56 Å². The summed E-state index contributed by atoms with van der Waals surface area (Å²) in [5.41, 5.74) is 8.52. The van der Waals surface area contributed by atoms with Crippen molar-refractivity contribution in [3.8, 4) is 34.2 Å². The molecule has 6 nitrogen and oxygen atoms in total. The van der Waals surface area contributed by atoms with Crippen LogP contribution in [0.1, 0.15) is 5.56 Å². The van der Waals surface area contributed by atoms with E-state index in [1.54, 1.807) is 12.4 Å². The maximum Gasteiger partial charge on any atom is 0.157 e. The fraction of sp³-hybridized carbons (Fsp3) is 0.0400. The van der Waals surface area contributed by atoms with Crippen LogP contribution < -0.4 is 0 Å². The number of nitrogens with zero attached hydrogens (tertiary/aromatic N) is 4. The third-order valence-corrected chi connectivity index (χ3v) is 5.38. The van der Waals surface area contributed by atoms with Crippen LogP contribution in [0, 0.1) is 6.92 Å². The van der Waals surface area contributed by atoms with E-state index in [4.69, 9.17) is 9.97 Å². The topological polar surface area (TPSA) is 83.1 Å². The number of H-pyrrole nitrogens is 2. The summed E-state index contributed by atoms with van der Waals surface area (Å²) < 4.78 is 0. The second-order valence-electron chi connectivity index (χ2n) is 7.51. The van der Waals surface area contributed by atoms with E-state index in [9.17, 15) is 0 Å². The number of fused-ring (bicyclic) bond motifs is 2. The van der Waals surface area contributed by atoms with Gasteiger partial charge in [-0.25, -0.2) is 9.97 Å². The first-order valence-electron chi connectivity index (χ1n) is 10.1. The molecule has 6 aromatic rings. The quantitative estimate of drug-likeness (QED) is 0.407.